The van der Waals surface area contributed by atoms with Crippen LogP contribution in [0.1, 0.15) is 6.92 Å². The van der Waals surface area contributed by atoms with Gasteiger partial charge in [-0.25, -0.2) is 4.98 Å². The van der Waals surface area contributed by atoms with Gasteiger partial charge in [0, 0.05) is 12.5 Å². The van der Waals surface area contributed by atoms with Crippen LogP contribution in [0.25, 0.3) is 22.4 Å². The number of rotatable bonds is 2. The minimum absolute atomic E-state index is 0.368. The van der Waals surface area contributed by atoms with Crippen molar-refractivity contribution in [1.29, 1.82) is 0 Å². The van der Waals surface area contributed by atoms with E-state index in [1.54, 1.807) is 0 Å². The third-order valence-corrected chi connectivity index (χ3v) is 4.08. The van der Waals surface area contributed by atoms with Crippen LogP contribution >= 0.6 is 31.9 Å². The van der Waals surface area contributed by atoms with E-state index in [1.165, 1.54) is 6.92 Å². The molecule has 0 unspecified atom stereocenters. The van der Waals surface area contributed by atoms with Crippen molar-refractivity contribution in [2.45, 2.75) is 6.92 Å². The molecule has 1 aromatic heterocycles. The maximum absolute atomic E-state index is 11.1. The molecule has 0 aliphatic heterocycles. The van der Waals surface area contributed by atoms with E-state index in [1.807, 2.05) is 36.4 Å². The fourth-order valence-electron chi connectivity index (χ4n) is 2.03. The average molecular weight is 410 g/mol. The summed E-state index contributed by atoms with van der Waals surface area (Å²) in [5.74, 6) is 0.849. The number of hydrogen-bond acceptors (Lipinski definition) is 3. The number of nitrogens with one attached hydrogen (secondary N) is 1. The Morgan fingerprint density at radius 2 is 1.86 bits per heavy atom. The number of hydrogen-bond donors (Lipinski definition) is 1. The quantitative estimate of drug-likeness (QED) is 0.493. The Morgan fingerprint density at radius 3 is 2.48 bits per heavy atom. The highest BCUT2D eigenvalue weighted by atomic mass is 79.9. The van der Waals surface area contributed by atoms with Crippen LogP contribution in [0.5, 0.6) is 5.75 Å². The molecule has 2 aromatic carbocycles. The lowest BCUT2D eigenvalue weighted by Crippen LogP contribution is -2.02. The topological polar surface area (TPSA) is 55.0 Å². The van der Waals surface area contributed by atoms with E-state index in [-0.39, 0.29) is 5.97 Å². The van der Waals surface area contributed by atoms with E-state index in [4.69, 9.17) is 4.74 Å². The van der Waals surface area contributed by atoms with Crippen molar-refractivity contribution in [1.82, 2.24) is 9.97 Å². The minimum atomic E-state index is -0.368. The smallest absolute Gasteiger partial charge is 0.308 e. The Labute approximate surface area is 137 Å². The molecule has 0 amide bonds. The second kappa shape index (κ2) is 5.61. The number of benzene rings is 2. The number of ether oxygens (including phenoxy) is 1. The summed E-state index contributed by atoms with van der Waals surface area (Å²) in [6.07, 6.45) is 0. The van der Waals surface area contributed by atoms with E-state index in [9.17, 15) is 4.79 Å². The monoisotopic (exact) mass is 408 g/mol. The Morgan fingerprint density at radius 1 is 1.19 bits per heavy atom. The predicted molar refractivity (Wildman–Crippen MR) is 88.2 cm³/mol. The number of nitrogens with zero attached hydrogens (tertiary/aromatic N) is 1. The molecule has 0 fully saturated rings. The van der Waals surface area contributed by atoms with Gasteiger partial charge in [0.05, 0.1) is 20.0 Å². The zero-order chi connectivity index (χ0) is 15.0. The summed E-state index contributed by atoms with van der Waals surface area (Å²) in [5, 5.41) is 0. The van der Waals surface area contributed by atoms with Crippen LogP contribution in [-0.4, -0.2) is 15.9 Å². The van der Waals surface area contributed by atoms with Gasteiger partial charge in [-0.15, -0.1) is 0 Å². The Hall–Kier alpha value is -1.66. The van der Waals surface area contributed by atoms with Crippen molar-refractivity contribution < 1.29 is 9.53 Å². The number of aromatic nitrogens is 2. The van der Waals surface area contributed by atoms with Crippen molar-refractivity contribution in [3.8, 4) is 17.1 Å². The summed E-state index contributed by atoms with van der Waals surface area (Å²) in [4.78, 5) is 18.9. The molecule has 21 heavy (non-hydrogen) atoms. The Bertz CT molecular complexity index is 787. The largest absolute Gasteiger partial charge is 0.424 e. The molecule has 4 nitrogen and oxygen atoms in total. The zero-order valence-corrected chi connectivity index (χ0v) is 14.2. The summed E-state index contributed by atoms with van der Waals surface area (Å²) in [5.41, 5.74) is 2.77. The van der Waals surface area contributed by atoms with Crippen LogP contribution in [0, 0.1) is 0 Å². The van der Waals surface area contributed by atoms with Crippen LogP contribution in [0.15, 0.2) is 45.3 Å². The average Bonchev–Trinajstić information content (AvgIpc) is 2.86. The second-order valence-corrected chi connectivity index (χ2v) is 6.17. The number of carbonyl (C=O) groups is 1. The highest BCUT2D eigenvalue weighted by molar-refractivity contribution is 9.11. The number of aromatic amines is 1. The molecule has 0 radical (unpaired) electrons. The summed E-state index contributed by atoms with van der Waals surface area (Å²) >= 11 is 6.84. The van der Waals surface area contributed by atoms with Crippen molar-refractivity contribution in [3.05, 3.63) is 45.3 Å². The number of imidazole rings is 1. The van der Waals surface area contributed by atoms with Gasteiger partial charge in [0.2, 0.25) is 0 Å². The van der Waals surface area contributed by atoms with Gasteiger partial charge in [0.25, 0.3) is 0 Å². The van der Waals surface area contributed by atoms with Gasteiger partial charge in [-0.05, 0) is 56.1 Å². The third kappa shape index (κ3) is 2.87. The highest BCUT2D eigenvalue weighted by Gasteiger charge is 2.14. The summed E-state index contributed by atoms with van der Waals surface area (Å²) in [6, 6.07) is 11.6. The van der Waals surface area contributed by atoms with Crippen molar-refractivity contribution in [2.75, 3.05) is 0 Å². The van der Waals surface area contributed by atoms with Gasteiger partial charge in [0.1, 0.15) is 5.82 Å². The van der Waals surface area contributed by atoms with Gasteiger partial charge in [-0.1, -0.05) is 12.1 Å². The summed E-state index contributed by atoms with van der Waals surface area (Å²) < 4.78 is 6.53. The van der Waals surface area contributed by atoms with Crippen molar-refractivity contribution in [2.24, 2.45) is 0 Å². The fourth-order valence-corrected chi connectivity index (χ4v) is 3.38. The van der Waals surface area contributed by atoms with Gasteiger partial charge < -0.3 is 9.72 Å². The number of para-hydroxylation sites is 2. The van der Waals surface area contributed by atoms with Gasteiger partial charge in [-0.2, -0.15) is 0 Å². The van der Waals surface area contributed by atoms with Gasteiger partial charge >= 0.3 is 5.97 Å². The van der Waals surface area contributed by atoms with E-state index in [0.717, 1.165) is 22.4 Å². The maximum atomic E-state index is 11.1. The highest BCUT2D eigenvalue weighted by Crippen LogP contribution is 2.37. The summed E-state index contributed by atoms with van der Waals surface area (Å²) in [7, 11) is 0. The molecule has 1 heterocycles. The van der Waals surface area contributed by atoms with E-state index >= 15 is 0 Å². The fraction of sp³-hybridized carbons (Fsp3) is 0.0667. The van der Waals surface area contributed by atoms with Gasteiger partial charge in [-0.3, -0.25) is 4.79 Å². The third-order valence-electron chi connectivity index (χ3n) is 2.91. The van der Waals surface area contributed by atoms with Crippen LogP contribution < -0.4 is 4.74 Å². The normalized spacial score (nSPS) is 10.8. The standard InChI is InChI=1S/C15H10Br2N2O2/c1-8(20)21-14-10(16)6-9(7-11(14)17)15-18-12-4-2-3-5-13(12)19-15/h2-7H,1H3,(H,18,19). The lowest BCUT2D eigenvalue weighted by molar-refractivity contribution is -0.131. The number of esters is 1. The first-order valence-corrected chi connectivity index (χ1v) is 7.76. The number of carbonyl (C=O) groups excluding carboxylic acids is 1. The lowest BCUT2D eigenvalue weighted by atomic mass is 10.2. The minimum Gasteiger partial charge on any atom is -0.424 e. The molecule has 3 rings (SSSR count). The number of H-pyrrole nitrogens is 1. The lowest BCUT2D eigenvalue weighted by Gasteiger charge is -2.08. The molecular weight excluding hydrogens is 400 g/mol. The van der Waals surface area contributed by atoms with E-state index < -0.39 is 0 Å². The van der Waals surface area contributed by atoms with Crippen molar-refractivity contribution in [3.63, 3.8) is 0 Å². The van der Waals surface area contributed by atoms with E-state index in [0.29, 0.717) is 14.7 Å². The molecule has 0 atom stereocenters. The second-order valence-electron chi connectivity index (χ2n) is 4.47. The molecule has 0 bridgehead atoms. The molecule has 0 saturated heterocycles. The van der Waals surface area contributed by atoms with Crippen molar-refractivity contribution >= 4 is 48.9 Å². The molecule has 1 N–H and O–H groups in total. The van der Waals surface area contributed by atoms with Crippen LogP contribution in [0.3, 0.4) is 0 Å². The number of halogens is 2. The molecule has 0 aliphatic carbocycles. The molecule has 0 spiro atoms. The molecule has 106 valence electrons. The molecule has 0 aliphatic rings. The molecule has 0 saturated carbocycles. The molecule has 6 heteroatoms. The molecule has 3 aromatic rings. The summed E-state index contributed by atoms with van der Waals surface area (Å²) in [6.45, 7) is 1.37. The van der Waals surface area contributed by atoms with Crippen LogP contribution in [0.2, 0.25) is 0 Å². The van der Waals surface area contributed by atoms with E-state index in [2.05, 4.69) is 41.8 Å². The Kier molecular flexibility index (Phi) is 3.82. The van der Waals surface area contributed by atoms with Gasteiger partial charge in [0.15, 0.2) is 5.75 Å². The molecular formula is C15H10Br2N2O2. The maximum Gasteiger partial charge on any atom is 0.308 e. The van der Waals surface area contributed by atoms with Crippen LogP contribution in [-0.2, 0) is 4.79 Å². The number of fused-ring (bicyclic) bond motifs is 1. The SMILES string of the molecule is CC(=O)Oc1c(Br)cc(-c2nc3ccccc3[nH]2)cc1Br. The zero-order valence-electron chi connectivity index (χ0n) is 11.0. The first-order valence-electron chi connectivity index (χ1n) is 6.17. The van der Waals surface area contributed by atoms with Crippen LogP contribution in [0.4, 0.5) is 0 Å². The predicted octanol–water partition coefficient (Wildman–Crippen LogP) is 4.68. The Balaban J connectivity index is 2.08. The first-order chi connectivity index (χ1) is 10.0. The first kappa shape index (κ1) is 14.3.